The van der Waals surface area contributed by atoms with E-state index in [1.165, 1.54) is 0 Å². The quantitative estimate of drug-likeness (QED) is 0.318. The highest BCUT2D eigenvalue weighted by Crippen LogP contribution is 2.48. The number of allylic oxidation sites excluding steroid dienone is 3. The Hall–Kier alpha value is -4.03. The molecule has 1 heterocycles. The van der Waals surface area contributed by atoms with E-state index in [-0.39, 0.29) is 18.3 Å². The molecular weight excluding hydrogens is 526 g/mol. The fourth-order valence-corrected chi connectivity index (χ4v) is 5.77. The Kier molecular flexibility index (Phi) is 8.27. The van der Waals surface area contributed by atoms with Crippen LogP contribution in [0.15, 0.2) is 95.3 Å². The van der Waals surface area contributed by atoms with Gasteiger partial charge in [-0.05, 0) is 60.7 Å². The lowest BCUT2D eigenvalue weighted by molar-refractivity contribution is -0.139. The molecule has 0 radical (unpaired) electrons. The van der Waals surface area contributed by atoms with E-state index in [0.717, 1.165) is 16.8 Å². The fraction of sp³-hybridized carbons (Fsp3) is 0.273. The summed E-state index contributed by atoms with van der Waals surface area (Å²) in [5, 5.41) is 4.06. The molecule has 40 heavy (non-hydrogen) atoms. The van der Waals surface area contributed by atoms with Crippen LogP contribution in [0.1, 0.15) is 48.3 Å². The van der Waals surface area contributed by atoms with Gasteiger partial charge in [-0.15, -0.1) is 0 Å². The summed E-state index contributed by atoms with van der Waals surface area (Å²) in [6, 6.07) is 22.9. The van der Waals surface area contributed by atoms with E-state index in [4.69, 9.17) is 25.8 Å². The molecular formula is C33H32ClNO5. The first-order chi connectivity index (χ1) is 19.4. The summed E-state index contributed by atoms with van der Waals surface area (Å²) in [5.74, 6) is 0.0173. The van der Waals surface area contributed by atoms with E-state index in [1.807, 2.05) is 67.6 Å². The summed E-state index contributed by atoms with van der Waals surface area (Å²) in [5.41, 5.74) is 5.24. The minimum atomic E-state index is -0.663. The third-order valence-electron chi connectivity index (χ3n) is 7.60. The van der Waals surface area contributed by atoms with Crippen molar-refractivity contribution in [2.24, 2.45) is 0 Å². The van der Waals surface area contributed by atoms with Crippen LogP contribution in [0.2, 0.25) is 5.02 Å². The third kappa shape index (κ3) is 5.63. The van der Waals surface area contributed by atoms with Crippen LogP contribution in [0, 0.1) is 0 Å². The van der Waals surface area contributed by atoms with Crippen LogP contribution in [0.25, 0.3) is 0 Å². The smallest absolute Gasteiger partial charge is 0.336 e. The van der Waals surface area contributed by atoms with E-state index < -0.39 is 11.9 Å². The molecule has 0 bridgehead atoms. The molecule has 0 amide bonds. The standard InChI is InChI=1S/C33H32ClNO5/c1-20-30(33(37)40-16-15-21-7-5-4-6-8-21)31(26-19-25(38-2)13-14-29(26)39-3)32-27(35-20)17-23(18-28(32)36)22-9-11-24(34)12-10-22/h4-14,19,23,31,35H,15-18H2,1-3H3/t23-,31-/m1/s1. The number of rotatable bonds is 8. The molecule has 5 rings (SSSR count). The molecule has 1 aliphatic carbocycles. The zero-order chi connectivity index (χ0) is 28.2. The fourth-order valence-electron chi connectivity index (χ4n) is 5.64. The van der Waals surface area contributed by atoms with Gasteiger partial charge in [-0.1, -0.05) is 54.1 Å². The highest BCUT2D eigenvalue weighted by atomic mass is 35.5. The first kappa shape index (κ1) is 27.5. The molecule has 206 valence electrons. The number of carbonyl (C=O) groups excluding carboxylic acids is 2. The summed E-state index contributed by atoms with van der Waals surface area (Å²) in [6.45, 7) is 2.08. The number of esters is 1. The van der Waals surface area contributed by atoms with Crippen molar-refractivity contribution in [3.05, 3.63) is 117 Å². The predicted octanol–water partition coefficient (Wildman–Crippen LogP) is 6.50. The summed E-state index contributed by atoms with van der Waals surface area (Å²) < 4.78 is 17.0. The lowest BCUT2D eigenvalue weighted by Gasteiger charge is -2.37. The monoisotopic (exact) mass is 557 g/mol. The molecule has 0 unspecified atom stereocenters. The summed E-state index contributed by atoms with van der Waals surface area (Å²) in [6.07, 6.45) is 1.54. The second-order valence-electron chi connectivity index (χ2n) is 10.0. The third-order valence-corrected chi connectivity index (χ3v) is 7.86. The largest absolute Gasteiger partial charge is 0.497 e. The number of hydrogen-bond donors (Lipinski definition) is 1. The Bertz CT molecular complexity index is 1480. The van der Waals surface area contributed by atoms with Crippen LogP contribution in [0.5, 0.6) is 11.5 Å². The molecule has 0 saturated heterocycles. The highest BCUT2D eigenvalue weighted by Gasteiger charge is 2.42. The second kappa shape index (κ2) is 12.0. The van der Waals surface area contributed by atoms with Gasteiger partial charge in [-0.3, -0.25) is 4.79 Å². The van der Waals surface area contributed by atoms with Gasteiger partial charge in [-0.25, -0.2) is 4.79 Å². The van der Waals surface area contributed by atoms with Gasteiger partial charge in [0.15, 0.2) is 5.78 Å². The molecule has 1 aliphatic heterocycles. The molecule has 0 fully saturated rings. The zero-order valence-electron chi connectivity index (χ0n) is 22.8. The van der Waals surface area contributed by atoms with Crippen molar-refractivity contribution in [3.8, 4) is 11.5 Å². The predicted molar refractivity (Wildman–Crippen MR) is 155 cm³/mol. The van der Waals surface area contributed by atoms with E-state index in [9.17, 15) is 9.59 Å². The van der Waals surface area contributed by atoms with Gasteiger partial charge in [0.2, 0.25) is 0 Å². The molecule has 7 heteroatoms. The van der Waals surface area contributed by atoms with Gasteiger partial charge in [0.25, 0.3) is 0 Å². The molecule has 1 N–H and O–H groups in total. The Morgan fingerprint density at radius 1 is 0.975 bits per heavy atom. The Morgan fingerprint density at radius 3 is 2.42 bits per heavy atom. The van der Waals surface area contributed by atoms with Crippen LogP contribution in [-0.2, 0) is 20.7 Å². The normalized spacial score (nSPS) is 18.6. The number of hydrogen-bond acceptors (Lipinski definition) is 6. The number of methoxy groups -OCH3 is 2. The number of ether oxygens (including phenoxy) is 3. The number of halogens is 1. The van der Waals surface area contributed by atoms with Gasteiger partial charge in [0.05, 0.1) is 32.3 Å². The number of benzene rings is 3. The number of ketones is 1. The molecule has 0 saturated carbocycles. The second-order valence-corrected chi connectivity index (χ2v) is 10.5. The van der Waals surface area contributed by atoms with Crippen molar-refractivity contribution in [1.29, 1.82) is 0 Å². The molecule has 3 aromatic carbocycles. The van der Waals surface area contributed by atoms with E-state index in [1.54, 1.807) is 26.4 Å². The van der Waals surface area contributed by atoms with Crippen molar-refractivity contribution < 1.29 is 23.8 Å². The number of carbonyl (C=O) groups is 2. The minimum absolute atomic E-state index is 0.00366. The SMILES string of the molecule is COc1ccc(OC)c([C@@H]2C(C(=O)OCCc3ccccc3)=C(C)NC3=C2C(=O)C[C@H](c2ccc(Cl)cc2)C3)c1. The number of dihydropyridines is 1. The molecule has 6 nitrogen and oxygen atoms in total. The van der Waals surface area contributed by atoms with Gasteiger partial charge < -0.3 is 19.5 Å². The summed E-state index contributed by atoms with van der Waals surface area (Å²) >= 11 is 6.11. The lowest BCUT2D eigenvalue weighted by atomic mass is 9.71. The Labute approximate surface area is 239 Å². The topological polar surface area (TPSA) is 73.9 Å². The first-order valence-corrected chi connectivity index (χ1v) is 13.7. The van der Waals surface area contributed by atoms with Crippen LogP contribution < -0.4 is 14.8 Å². The molecule has 0 aromatic heterocycles. The van der Waals surface area contributed by atoms with Gasteiger partial charge >= 0.3 is 5.97 Å². The summed E-state index contributed by atoms with van der Waals surface area (Å²) in [7, 11) is 3.16. The maximum atomic E-state index is 13.9. The molecule has 3 aromatic rings. The van der Waals surface area contributed by atoms with Gasteiger partial charge in [-0.2, -0.15) is 0 Å². The first-order valence-electron chi connectivity index (χ1n) is 13.3. The number of nitrogens with one attached hydrogen (secondary N) is 1. The highest BCUT2D eigenvalue weighted by molar-refractivity contribution is 6.30. The van der Waals surface area contributed by atoms with Crippen LogP contribution in [0.3, 0.4) is 0 Å². The van der Waals surface area contributed by atoms with Crippen molar-refractivity contribution in [1.82, 2.24) is 5.32 Å². The van der Waals surface area contributed by atoms with Gasteiger partial charge in [0.1, 0.15) is 11.5 Å². The lowest BCUT2D eigenvalue weighted by Crippen LogP contribution is -2.36. The van der Waals surface area contributed by atoms with Crippen LogP contribution in [-0.4, -0.2) is 32.6 Å². The average Bonchev–Trinajstić information content (AvgIpc) is 2.96. The van der Waals surface area contributed by atoms with Crippen LogP contribution >= 0.6 is 11.6 Å². The average molecular weight is 558 g/mol. The summed E-state index contributed by atoms with van der Waals surface area (Å²) in [4.78, 5) is 27.6. The number of Topliss-reactive ketones (excluding diaryl/α,β-unsaturated/α-hetero) is 1. The van der Waals surface area contributed by atoms with E-state index in [0.29, 0.717) is 58.2 Å². The van der Waals surface area contributed by atoms with Crippen molar-refractivity contribution in [2.75, 3.05) is 20.8 Å². The Morgan fingerprint density at radius 2 is 1.73 bits per heavy atom. The Balaban J connectivity index is 1.53. The maximum absolute atomic E-state index is 13.9. The zero-order valence-corrected chi connectivity index (χ0v) is 23.6. The maximum Gasteiger partial charge on any atom is 0.336 e. The molecule has 0 spiro atoms. The van der Waals surface area contributed by atoms with E-state index >= 15 is 0 Å². The molecule has 2 aliphatic rings. The molecule has 2 atom stereocenters. The van der Waals surface area contributed by atoms with Crippen molar-refractivity contribution in [3.63, 3.8) is 0 Å². The van der Waals surface area contributed by atoms with Crippen molar-refractivity contribution >= 4 is 23.4 Å². The van der Waals surface area contributed by atoms with E-state index in [2.05, 4.69) is 5.32 Å². The van der Waals surface area contributed by atoms with Gasteiger partial charge in [0, 0.05) is 40.4 Å². The van der Waals surface area contributed by atoms with Crippen LogP contribution in [0.4, 0.5) is 0 Å². The minimum Gasteiger partial charge on any atom is -0.497 e. The van der Waals surface area contributed by atoms with Crippen molar-refractivity contribution in [2.45, 2.75) is 38.0 Å².